The number of hydrogen-bond donors (Lipinski definition) is 1. The van der Waals surface area contributed by atoms with E-state index in [1.54, 1.807) is 16.2 Å². The normalized spacial score (nSPS) is 33.9. The van der Waals surface area contributed by atoms with E-state index < -0.39 is 6.04 Å². The maximum absolute atomic E-state index is 13.1. The van der Waals surface area contributed by atoms with Crippen molar-refractivity contribution in [2.45, 2.75) is 58.0 Å². The van der Waals surface area contributed by atoms with Crippen LogP contribution in [-0.2, 0) is 16.1 Å². The van der Waals surface area contributed by atoms with Gasteiger partial charge in [-0.3, -0.25) is 9.59 Å². The van der Waals surface area contributed by atoms with Gasteiger partial charge in [-0.05, 0) is 85.6 Å². The zero-order chi connectivity index (χ0) is 17.6. The molecule has 1 atom stereocenters. The summed E-state index contributed by atoms with van der Waals surface area (Å²) in [5, 5.41) is 7.15. The maximum Gasteiger partial charge on any atom is 0.244 e. The largest absolute Gasteiger partial charge is 0.344 e. The molecule has 4 aliphatic rings. The lowest BCUT2D eigenvalue weighted by molar-refractivity contribution is -0.149. The van der Waals surface area contributed by atoms with E-state index in [0.29, 0.717) is 6.54 Å². The molecule has 136 valence electrons. The first-order valence-corrected chi connectivity index (χ1v) is 10.5. The molecule has 4 nitrogen and oxygen atoms in total. The molecule has 0 aromatic carbocycles. The Hall–Kier alpha value is -1.36. The van der Waals surface area contributed by atoms with Crippen molar-refractivity contribution in [1.29, 1.82) is 0 Å². The molecule has 4 saturated carbocycles. The first kappa shape index (κ1) is 17.1. The zero-order valence-electron chi connectivity index (χ0n) is 15.2. The second-order valence-electron chi connectivity index (χ2n) is 8.72. The zero-order valence-corrected chi connectivity index (χ0v) is 16.0. The molecular formula is C20H28N2O2S. The van der Waals surface area contributed by atoms with Crippen molar-refractivity contribution in [3.05, 3.63) is 22.4 Å². The minimum atomic E-state index is -0.454. The third kappa shape index (κ3) is 3.23. The second-order valence-corrected chi connectivity index (χ2v) is 9.50. The highest BCUT2D eigenvalue weighted by atomic mass is 32.1. The van der Waals surface area contributed by atoms with E-state index >= 15 is 0 Å². The molecule has 0 radical (unpaired) electrons. The van der Waals surface area contributed by atoms with Gasteiger partial charge >= 0.3 is 0 Å². The van der Waals surface area contributed by atoms with Crippen LogP contribution in [0, 0.1) is 23.2 Å². The van der Waals surface area contributed by atoms with Crippen molar-refractivity contribution >= 4 is 23.2 Å². The highest BCUT2D eigenvalue weighted by Gasteiger charge is 2.54. The summed E-state index contributed by atoms with van der Waals surface area (Å²) in [6.45, 7) is 2.42. The Morgan fingerprint density at radius 2 is 1.84 bits per heavy atom. The van der Waals surface area contributed by atoms with E-state index in [4.69, 9.17) is 0 Å². The van der Waals surface area contributed by atoms with Gasteiger partial charge in [-0.2, -0.15) is 11.3 Å². The van der Waals surface area contributed by atoms with Gasteiger partial charge in [0.15, 0.2) is 0 Å². The second kappa shape index (κ2) is 6.42. The van der Waals surface area contributed by atoms with E-state index in [2.05, 4.69) is 10.7 Å². The van der Waals surface area contributed by atoms with Crippen LogP contribution in [0.1, 0.15) is 51.0 Å². The fourth-order valence-electron chi connectivity index (χ4n) is 5.87. The summed E-state index contributed by atoms with van der Waals surface area (Å²) < 4.78 is 0. The van der Waals surface area contributed by atoms with Crippen molar-refractivity contribution < 1.29 is 9.59 Å². The predicted molar refractivity (Wildman–Crippen MR) is 99.0 cm³/mol. The van der Waals surface area contributed by atoms with Crippen LogP contribution in [0.25, 0.3) is 0 Å². The number of nitrogens with one attached hydrogen (secondary N) is 1. The smallest absolute Gasteiger partial charge is 0.244 e. The number of rotatable bonds is 5. The topological polar surface area (TPSA) is 49.4 Å². The fourth-order valence-corrected chi connectivity index (χ4v) is 6.53. The van der Waals surface area contributed by atoms with Crippen molar-refractivity contribution in [2.24, 2.45) is 23.2 Å². The molecule has 1 aromatic heterocycles. The molecule has 0 unspecified atom stereocenters. The highest BCUT2D eigenvalue weighted by molar-refractivity contribution is 7.07. The first-order valence-electron chi connectivity index (χ1n) is 9.52. The lowest BCUT2D eigenvalue weighted by Gasteiger charge is -2.55. The monoisotopic (exact) mass is 360 g/mol. The molecule has 5 rings (SSSR count). The van der Waals surface area contributed by atoms with Gasteiger partial charge in [0, 0.05) is 19.0 Å². The Balaban J connectivity index is 1.38. The van der Waals surface area contributed by atoms with Crippen LogP contribution in [0.4, 0.5) is 0 Å². The lowest BCUT2D eigenvalue weighted by atomic mass is 9.49. The summed E-state index contributed by atoms with van der Waals surface area (Å²) in [7, 11) is 1.81. The van der Waals surface area contributed by atoms with Gasteiger partial charge in [0.05, 0.1) is 0 Å². The van der Waals surface area contributed by atoms with Crippen LogP contribution in [-0.4, -0.2) is 29.8 Å². The highest BCUT2D eigenvalue weighted by Crippen LogP contribution is 2.60. The molecule has 0 saturated heterocycles. The first-order chi connectivity index (χ1) is 11.9. The van der Waals surface area contributed by atoms with E-state index in [1.165, 1.54) is 19.3 Å². The van der Waals surface area contributed by atoms with Crippen LogP contribution in [0.2, 0.25) is 0 Å². The van der Waals surface area contributed by atoms with Gasteiger partial charge < -0.3 is 10.2 Å². The van der Waals surface area contributed by atoms with Crippen LogP contribution >= 0.6 is 11.3 Å². The minimum Gasteiger partial charge on any atom is -0.344 e. The number of nitrogens with zero attached hydrogens (tertiary/aromatic N) is 1. The molecule has 4 aliphatic carbocycles. The summed E-state index contributed by atoms with van der Waals surface area (Å²) in [5.74, 6) is 2.35. The van der Waals surface area contributed by atoms with E-state index in [0.717, 1.165) is 42.6 Å². The number of carbonyl (C=O) groups excluding carboxylic acids is 2. The lowest BCUT2D eigenvalue weighted by Crippen LogP contribution is -2.56. The van der Waals surface area contributed by atoms with Crippen molar-refractivity contribution in [3.63, 3.8) is 0 Å². The molecule has 1 N–H and O–H groups in total. The number of amides is 2. The van der Waals surface area contributed by atoms with E-state index in [-0.39, 0.29) is 17.2 Å². The Morgan fingerprint density at radius 3 is 2.36 bits per heavy atom. The molecule has 5 heteroatoms. The molecule has 1 aromatic rings. The third-order valence-electron chi connectivity index (χ3n) is 6.61. The summed E-state index contributed by atoms with van der Waals surface area (Å²) in [6.07, 6.45) is 7.09. The average Bonchev–Trinajstić information content (AvgIpc) is 3.05. The van der Waals surface area contributed by atoms with Gasteiger partial charge in [0.25, 0.3) is 0 Å². The SMILES string of the molecule is C[C@H](NC(=O)C12CC3CC(CC(C3)C1)C2)C(=O)N(C)Cc1ccsc1. The molecule has 4 fully saturated rings. The molecule has 0 aliphatic heterocycles. The Morgan fingerprint density at radius 1 is 1.24 bits per heavy atom. The Bertz CT molecular complexity index is 619. The Kier molecular flexibility index (Phi) is 4.38. The minimum absolute atomic E-state index is 0.00993. The molecule has 4 bridgehead atoms. The summed E-state index contributed by atoms with van der Waals surface area (Å²) in [6, 6.07) is 1.58. The summed E-state index contributed by atoms with van der Waals surface area (Å²) >= 11 is 1.64. The van der Waals surface area contributed by atoms with Crippen molar-refractivity contribution in [2.75, 3.05) is 7.05 Å². The summed E-state index contributed by atoms with van der Waals surface area (Å²) in [5.41, 5.74) is 0.954. The van der Waals surface area contributed by atoms with E-state index in [9.17, 15) is 9.59 Å². The predicted octanol–water partition coefficient (Wildman–Crippen LogP) is 3.43. The van der Waals surface area contributed by atoms with Gasteiger partial charge in [-0.25, -0.2) is 0 Å². The molecule has 1 heterocycles. The quantitative estimate of drug-likeness (QED) is 0.874. The number of carbonyl (C=O) groups is 2. The third-order valence-corrected chi connectivity index (χ3v) is 7.35. The van der Waals surface area contributed by atoms with Gasteiger partial charge in [0.2, 0.25) is 11.8 Å². The molecule has 0 spiro atoms. The van der Waals surface area contributed by atoms with Crippen LogP contribution < -0.4 is 5.32 Å². The van der Waals surface area contributed by atoms with Crippen molar-refractivity contribution in [3.8, 4) is 0 Å². The maximum atomic E-state index is 13.1. The standard InChI is InChI=1S/C20H28N2O2S/c1-13(18(23)22(2)11-14-3-4-25-12-14)21-19(24)20-8-15-5-16(9-20)7-17(6-15)10-20/h3-4,12-13,15-17H,5-11H2,1-2H3,(H,21,24)/t13-,15?,16?,17?,20?/m0/s1. The van der Waals surface area contributed by atoms with Crippen molar-refractivity contribution in [1.82, 2.24) is 10.2 Å². The van der Waals surface area contributed by atoms with Crippen LogP contribution in [0.15, 0.2) is 16.8 Å². The van der Waals surface area contributed by atoms with E-state index in [1.807, 2.05) is 25.4 Å². The number of thiophene rings is 1. The van der Waals surface area contributed by atoms with Crippen LogP contribution in [0.3, 0.4) is 0 Å². The average molecular weight is 361 g/mol. The number of hydrogen-bond acceptors (Lipinski definition) is 3. The Labute approximate surface area is 154 Å². The molecule has 25 heavy (non-hydrogen) atoms. The van der Waals surface area contributed by atoms with Gasteiger partial charge in [0.1, 0.15) is 6.04 Å². The molecule has 2 amide bonds. The van der Waals surface area contributed by atoms with Gasteiger partial charge in [-0.1, -0.05) is 0 Å². The van der Waals surface area contributed by atoms with Gasteiger partial charge in [-0.15, -0.1) is 0 Å². The molecular weight excluding hydrogens is 332 g/mol. The summed E-state index contributed by atoms with van der Waals surface area (Å²) in [4.78, 5) is 27.4. The fraction of sp³-hybridized carbons (Fsp3) is 0.700. The van der Waals surface area contributed by atoms with Crippen LogP contribution in [0.5, 0.6) is 0 Å². The number of likely N-dealkylation sites (N-methyl/N-ethyl adjacent to an activating group) is 1.